The van der Waals surface area contributed by atoms with Gasteiger partial charge in [0, 0.05) is 32.7 Å². The molecule has 1 aliphatic heterocycles. The third-order valence-electron chi connectivity index (χ3n) is 4.05. The van der Waals surface area contributed by atoms with Gasteiger partial charge in [0.05, 0.1) is 26.9 Å². The lowest BCUT2D eigenvalue weighted by atomic mass is 10.1. The summed E-state index contributed by atoms with van der Waals surface area (Å²) in [6.07, 6.45) is 0. The van der Waals surface area contributed by atoms with Crippen LogP contribution in [0.2, 0.25) is 0 Å². The Bertz CT molecular complexity index is 528. The Morgan fingerprint density at radius 1 is 1.29 bits per heavy atom. The molecule has 0 radical (unpaired) electrons. The van der Waals surface area contributed by atoms with Gasteiger partial charge in [0.15, 0.2) is 5.96 Å². The SMILES string of the molecule is CCNC(=NCc1ccc(OC)c(C)c1)NCCN1CCOCC1. The zero-order valence-electron chi connectivity index (χ0n) is 15.1. The van der Waals surface area contributed by atoms with Crippen molar-refractivity contribution in [2.45, 2.75) is 20.4 Å². The lowest BCUT2D eigenvalue weighted by molar-refractivity contribution is 0.0389. The second-order valence-corrected chi connectivity index (χ2v) is 5.88. The highest BCUT2D eigenvalue weighted by Gasteiger charge is 2.09. The predicted octanol–water partition coefficient (Wildman–Crippen LogP) is 1.39. The van der Waals surface area contributed by atoms with E-state index in [-0.39, 0.29) is 0 Å². The van der Waals surface area contributed by atoms with Crippen LogP contribution in [-0.4, -0.2) is 63.9 Å². The first-order valence-corrected chi connectivity index (χ1v) is 8.68. The summed E-state index contributed by atoms with van der Waals surface area (Å²) in [7, 11) is 1.70. The molecule has 1 saturated heterocycles. The number of aliphatic imine (C=N–C) groups is 1. The van der Waals surface area contributed by atoms with Crippen molar-refractivity contribution in [3.05, 3.63) is 29.3 Å². The lowest BCUT2D eigenvalue weighted by Gasteiger charge is -2.26. The van der Waals surface area contributed by atoms with E-state index < -0.39 is 0 Å². The van der Waals surface area contributed by atoms with E-state index in [2.05, 4.69) is 46.5 Å². The minimum Gasteiger partial charge on any atom is -0.496 e. The molecule has 2 N–H and O–H groups in total. The second kappa shape index (κ2) is 10.2. The van der Waals surface area contributed by atoms with Gasteiger partial charge >= 0.3 is 0 Å². The molecule has 1 heterocycles. The molecule has 0 saturated carbocycles. The first kappa shape index (κ1) is 18.5. The smallest absolute Gasteiger partial charge is 0.191 e. The van der Waals surface area contributed by atoms with E-state index in [9.17, 15) is 0 Å². The number of nitrogens with one attached hydrogen (secondary N) is 2. The van der Waals surface area contributed by atoms with Crippen LogP contribution in [0.4, 0.5) is 0 Å². The summed E-state index contributed by atoms with van der Waals surface area (Å²) in [5.41, 5.74) is 2.31. The standard InChI is InChI=1S/C18H30N4O2/c1-4-19-18(20-7-8-22-9-11-24-12-10-22)21-14-16-5-6-17(23-3)15(2)13-16/h5-6,13H,4,7-12,14H2,1-3H3,(H2,19,20,21). The molecule has 1 aliphatic rings. The Morgan fingerprint density at radius 3 is 2.75 bits per heavy atom. The fourth-order valence-corrected chi connectivity index (χ4v) is 2.71. The zero-order valence-corrected chi connectivity index (χ0v) is 15.1. The molecular formula is C18H30N4O2. The van der Waals surface area contributed by atoms with Gasteiger partial charge in [0.1, 0.15) is 5.75 Å². The first-order chi connectivity index (χ1) is 11.7. The van der Waals surface area contributed by atoms with Crippen LogP contribution in [0.1, 0.15) is 18.1 Å². The van der Waals surface area contributed by atoms with Crippen LogP contribution in [0.15, 0.2) is 23.2 Å². The van der Waals surface area contributed by atoms with Crippen molar-refractivity contribution in [3.8, 4) is 5.75 Å². The van der Waals surface area contributed by atoms with E-state index in [1.54, 1.807) is 7.11 Å². The highest BCUT2D eigenvalue weighted by Crippen LogP contribution is 2.18. The maximum Gasteiger partial charge on any atom is 0.191 e. The van der Waals surface area contributed by atoms with Gasteiger partial charge in [-0.15, -0.1) is 0 Å². The Kier molecular flexibility index (Phi) is 7.85. The number of guanidine groups is 1. The summed E-state index contributed by atoms with van der Waals surface area (Å²) >= 11 is 0. The molecule has 0 bridgehead atoms. The van der Waals surface area contributed by atoms with Crippen LogP contribution in [0.25, 0.3) is 0 Å². The topological polar surface area (TPSA) is 58.1 Å². The molecule has 0 aliphatic carbocycles. The minimum atomic E-state index is 0.651. The summed E-state index contributed by atoms with van der Waals surface area (Å²) in [4.78, 5) is 7.08. The van der Waals surface area contributed by atoms with E-state index >= 15 is 0 Å². The van der Waals surface area contributed by atoms with E-state index in [0.29, 0.717) is 6.54 Å². The first-order valence-electron chi connectivity index (χ1n) is 8.68. The fraction of sp³-hybridized carbons (Fsp3) is 0.611. The van der Waals surface area contributed by atoms with Crippen LogP contribution in [-0.2, 0) is 11.3 Å². The van der Waals surface area contributed by atoms with Gasteiger partial charge < -0.3 is 20.1 Å². The maximum absolute atomic E-state index is 5.37. The molecule has 0 unspecified atom stereocenters. The average Bonchev–Trinajstić information content (AvgIpc) is 2.60. The second-order valence-electron chi connectivity index (χ2n) is 5.88. The van der Waals surface area contributed by atoms with E-state index in [0.717, 1.165) is 63.2 Å². The molecule has 1 fully saturated rings. The monoisotopic (exact) mass is 334 g/mol. The quantitative estimate of drug-likeness (QED) is 0.583. The number of benzene rings is 1. The van der Waals surface area contributed by atoms with Gasteiger partial charge in [-0.3, -0.25) is 4.90 Å². The number of ether oxygens (including phenoxy) is 2. The molecule has 0 aromatic heterocycles. The average molecular weight is 334 g/mol. The van der Waals surface area contributed by atoms with Crippen molar-refractivity contribution >= 4 is 5.96 Å². The fourth-order valence-electron chi connectivity index (χ4n) is 2.71. The Morgan fingerprint density at radius 2 is 2.08 bits per heavy atom. The lowest BCUT2D eigenvalue weighted by Crippen LogP contribution is -2.44. The van der Waals surface area contributed by atoms with Gasteiger partial charge in [-0.25, -0.2) is 4.99 Å². The molecule has 0 amide bonds. The molecule has 24 heavy (non-hydrogen) atoms. The Balaban J connectivity index is 1.84. The summed E-state index contributed by atoms with van der Waals surface area (Å²) in [6, 6.07) is 6.19. The summed E-state index contributed by atoms with van der Waals surface area (Å²) < 4.78 is 10.7. The van der Waals surface area contributed by atoms with Crippen molar-refractivity contribution < 1.29 is 9.47 Å². The summed E-state index contributed by atoms with van der Waals surface area (Å²) in [5, 5.41) is 6.71. The number of aryl methyl sites for hydroxylation is 1. The van der Waals surface area contributed by atoms with Crippen molar-refractivity contribution in [1.29, 1.82) is 0 Å². The number of rotatable bonds is 7. The number of hydrogen-bond acceptors (Lipinski definition) is 4. The highest BCUT2D eigenvalue weighted by atomic mass is 16.5. The number of hydrogen-bond donors (Lipinski definition) is 2. The molecule has 6 nitrogen and oxygen atoms in total. The number of methoxy groups -OCH3 is 1. The summed E-state index contributed by atoms with van der Waals surface area (Å²) in [5.74, 6) is 1.78. The van der Waals surface area contributed by atoms with E-state index in [4.69, 9.17) is 9.47 Å². The predicted molar refractivity (Wildman–Crippen MR) is 97.8 cm³/mol. The van der Waals surface area contributed by atoms with Crippen LogP contribution in [0.5, 0.6) is 5.75 Å². The largest absolute Gasteiger partial charge is 0.496 e. The minimum absolute atomic E-state index is 0.651. The van der Waals surface area contributed by atoms with Crippen molar-refractivity contribution in [2.24, 2.45) is 4.99 Å². The maximum atomic E-state index is 5.37. The van der Waals surface area contributed by atoms with Gasteiger partial charge in [0.2, 0.25) is 0 Å². The van der Waals surface area contributed by atoms with Gasteiger partial charge in [-0.05, 0) is 31.0 Å². The number of morpholine rings is 1. The van der Waals surface area contributed by atoms with E-state index in [1.165, 1.54) is 5.56 Å². The molecular weight excluding hydrogens is 304 g/mol. The Labute approximate surface area is 145 Å². The van der Waals surface area contributed by atoms with Crippen LogP contribution in [0, 0.1) is 6.92 Å². The van der Waals surface area contributed by atoms with Crippen molar-refractivity contribution in [2.75, 3.05) is 53.0 Å². The van der Waals surface area contributed by atoms with Gasteiger partial charge in [0.25, 0.3) is 0 Å². The van der Waals surface area contributed by atoms with Gasteiger partial charge in [-0.1, -0.05) is 12.1 Å². The van der Waals surface area contributed by atoms with Crippen LogP contribution in [0.3, 0.4) is 0 Å². The van der Waals surface area contributed by atoms with Crippen LogP contribution >= 0.6 is 0 Å². The molecule has 0 spiro atoms. The highest BCUT2D eigenvalue weighted by molar-refractivity contribution is 5.79. The molecule has 6 heteroatoms. The zero-order chi connectivity index (χ0) is 17.2. The third kappa shape index (κ3) is 6.02. The van der Waals surface area contributed by atoms with E-state index in [1.807, 2.05) is 6.07 Å². The third-order valence-corrected chi connectivity index (χ3v) is 4.05. The Hall–Kier alpha value is -1.79. The van der Waals surface area contributed by atoms with Crippen molar-refractivity contribution in [1.82, 2.24) is 15.5 Å². The number of nitrogens with zero attached hydrogens (tertiary/aromatic N) is 2. The van der Waals surface area contributed by atoms with Gasteiger partial charge in [-0.2, -0.15) is 0 Å². The van der Waals surface area contributed by atoms with Crippen molar-refractivity contribution in [3.63, 3.8) is 0 Å². The summed E-state index contributed by atoms with van der Waals surface area (Å²) in [6.45, 7) is 11.2. The normalized spacial score (nSPS) is 16.0. The molecule has 1 aromatic carbocycles. The molecule has 1 aromatic rings. The molecule has 134 valence electrons. The molecule has 2 rings (SSSR count). The van der Waals surface area contributed by atoms with Crippen LogP contribution < -0.4 is 15.4 Å². The molecule has 0 atom stereocenters.